The van der Waals surface area contributed by atoms with E-state index in [4.69, 9.17) is 11.5 Å². The summed E-state index contributed by atoms with van der Waals surface area (Å²) < 4.78 is 0. The molecular formula is C6H18N2Si. The summed E-state index contributed by atoms with van der Waals surface area (Å²) in [5.74, 6) is 0. The fourth-order valence-electron chi connectivity index (χ4n) is 0.895. The van der Waals surface area contributed by atoms with Gasteiger partial charge in [0.15, 0.2) is 0 Å². The molecule has 1 unspecified atom stereocenters. The van der Waals surface area contributed by atoms with Crippen molar-refractivity contribution in [1.82, 2.24) is 0 Å². The Hall–Kier alpha value is 0.137. The first-order valence-corrected chi connectivity index (χ1v) is 6.50. The van der Waals surface area contributed by atoms with Crippen molar-refractivity contribution in [3.8, 4) is 0 Å². The van der Waals surface area contributed by atoms with E-state index < -0.39 is 8.80 Å². The Morgan fingerprint density at radius 2 is 1.78 bits per heavy atom. The second-order valence-corrected chi connectivity index (χ2v) is 5.98. The van der Waals surface area contributed by atoms with Gasteiger partial charge in [-0.1, -0.05) is 12.6 Å². The predicted octanol–water partition coefficient (Wildman–Crippen LogP) is 0.151. The van der Waals surface area contributed by atoms with Crippen molar-refractivity contribution < 1.29 is 0 Å². The number of hydrogen-bond acceptors (Lipinski definition) is 2. The molecule has 0 aromatic heterocycles. The van der Waals surface area contributed by atoms with Crippen molar-refractivity contribution in [3.63, 3.8) is 0 Å². The first-order valence-electron chi connectivity index (χ1n) is 3.71. The average Bonchev–Trinajstić information content (AvgIpc) is 1.85. The molecule has 0 saturated heterocycles. The third-order valence-electron chi connectivity index (χ3n) is 1.56. The van der Waals surface area contributed by atoms with Crippen LogP contribution in [0.3, 0.4) is 0 Å². The molecule has 3 heteroatoms. The van der Waals surface area contributed by atoms with Crippen LogP contribution < -0.4 is 11.5 Å². The average molecular weight is 146 g/mol. The van der Waals surface area contributed by atoms with E-state index in [1.54, 1.807) is 0 Å². The lowest BCUT2D eigenvalue weighted by Gasteiger charge is -2.05. The standard InChI is InChI=1S/C6H18N2Si/c1-9(6-4-8)5-2-3-7/h9H,2-8H2,1H3. The van der Waals surface area contributed by atoms with Crippen LogP contribution in [0.5, 0.6) is 0 Å². The van der Waals surface area contributed by atoms with Crippen LogP contribution in [0.25, 0.3) is 0 Å². The van der Waals surface area contributed by atoms with E-state index >= 15 is 0 Å². The van der Waals surface area contributed by atoms with Gasteiger partial charge < -0.3 is 11.5 Å². The number of hydrogen-bond donors (Lipinski definition) is 2. The summed E-state index contributed by atoms with van der Waals surface area (Å²) in [6.07, 6.45) is 1.20. The van der Waals surface area contributed by atoms with Crippen molar-refractivity contribution >= 4 is 8.80 Å². The molecule has 0 radical (unpaired) electrons. The van der Waals surface area contributed by atoms with E-state index in [0.29, 0.717) is 0 Å². The maximum atomic E-state index is 5.40. The zero-order valence-corrected chi connectivity index (χ0v) is 7.42. The molecule has 1 atom stereocenters. The Labute approximate surface area is 59.2 Å². The highest BCUT2D eigenvalue weighted by Gasteiger charge is 1.99. The summed E-state index contributed by atoms with van der Waals surface area (Å²) >= 11 is 0. The quantitative estimate of drug-likeness (QED) is 0.543. The summed E-state index contributed by atoms with van der Waals surface area (Å²) in [6.45, 7) is 4.09. The van der Waals surface area contributed by atoms with Crippen LogP contribution in [0.2, 0.25) is 18.6 Å². The van der Waals surface area contributed by atoms with E-state index in [0.717, 1.165) is 13.1 Å². The van der Waals surface area contributed by atoms with Crippen LogP contribution in [-0.4, -0.2) is 21.9 Å². The molecule has 9 heavy (non-hydrogen) atoms. The molecule has 0 heterocycles. The van der Waals surface area contributed by atoms with Gasteiger partial charge in [0.05, 0.1) is 0 Å². The minimum absolute atomic E-state index is 0.425. The van der Waals surface area contributed by atoms with Gasteiger partial charge in [0, 0.05) is 8.80 Å². The van der Waals surface area contributed by atoms with Gasteiger partial charge in [-0.2, -0.15) is 0 Å². The van der Waals surface area contributed by atoms with Crippen molar-refractivity contribution in [2.75, 3.05) is 13.1 Å². The van der Waals surface area contributed by atoms with Crippen LogP contribution in [0.4, 0.5) is 0 Å². The van der Waals surface area contributed by atoms with Gasteiger partial charge in [0.1, 0.15) is 0 Å². The van der Waals surface area contributed by atoms with Crippen LogP contribution in [0.1, 0.15) is 6.42 Å². The first kappa shape index (κ1) is 9.14. The van der Waals surface area contributed by atoms with Crippen LogP contribution >= 0.6 is 0 Å². The van der Waals surface area contributed by atoms with Gasteiger partial charge in [0.25, 0.3) is 0 Å². The minimum atomic E-state index is -0.425. The molecule has 56 valence electrons. The summed E-state index contributed by atoms with van der Waals surface area (Å²) in [6, 6.07) is 2.65. The van der Waals surface area contributed by atoms with Gasteiger partial charge in [-0.25, -0.2) is 0 Å². The maximum absolute atomic E-state index is 5.40. The number of nitrogens with two attached hydrogens (primary N) is 2. The molecule has 0 bridgehead atoms. The molecule has 4 N–H and O–H groups in total. The Kier molecular flexibility index (Phi) is 6.35. The monoisotopic (exact) mass is 146 g/mol. The van der Waals surface area contributed by atoms with Crippen molar-refractivity contribution in [2.45, 2.75) is 25.1 Å². The van der Waals surface area contributed by atoms with Crippen LogP contribution in [0.15, 0.2) is 0 Å². The van der Waals surface area contributed by atoms with Crippen molar-refractivity contribution in [1.29, 1.82) is 0 Å². The Morgan fingerprint density at radius 1 is 1.11 bits per heavy atom. The molecule has 0 saturated carbocycles. The lowest BCUT2D eigenvalue weighted by atomic mass is 10.5. The fourth-order valence-corrected chi connectivity index (χ4v) is 2.69. The lowest BCUT2D eigenvalue weighted by Crippen LogP contribution is -2.14. The third-order valence-corrected chi connectivity index (χ3v) is 4.27. The van der Waals surface area contributed by atoms with Gasteiger partial charge in [-0.15, -0.1) is 0 Å². The second-order valence-electron chi connectivity index (χ2n) is 2.61. The second kappa shape index (κ2) is 6.26. The van der Waals surface area contributed by atoms with Gasteiger partial charge in [0.2, 0.25) is 0 Å². The summed E-state index contributed by atoms with van der Waals surface area (Å²) in [5, 5.41) is 0. The molecule has 0 aliphatic heterocycles. The molecule has 0 aliphatic rings. The molecule has 0 fully saturated rings. The highest BCUT2D eigenvalue weighted by atomic mass is 28.3. The Bertz CT molecular complexity index is 59.0. The SMILES string of the molecule is C[SiH](CCN)CCCN. The maximum Gasteiger partial charge on any atom is 0.0349 e. The molecule has 0 amide bonds. The number of rotatable bonds is 5. The molecular weight excluding hydrogens is 128 g/mol. The molecule has 0 spiro atoms. The Morgan fingerprint density at radius 3 is 2.22 bits per heavy atom. The van der Waals surface area contributed by atoms with Gasteiger partial charge >= 0.3 is 0 Å². The van der Waals surface area contributed by atoms with E-state index in [2.05, 4.69) is 6.55 Å². The summed E-state index contributed by atoms with van der Waals surface area (Å²) in [5.41, 5.74) is 10.8. The zero-order valence-electron chi connectivity index (χ0n) is 6.27. The first-order chi connectivity index (χ1) is 4.31. The minimum Gasteiger partial charge on any atom is -0.331 e. The van der Waals surface area contributed by atoms with E-state index in [1.807, 2.05) is 0 Å². The van der Waals surface area contributed by atoms with Crippen LogP contribution in [-0.2, 0) is 0 Å². The summed E-state index contributed by atoms with van der Waals surface area (Å²) in [4.78, 5) is 0. The van der Waals surface area contributed by atoms with Gasteiger partial charge in [-0.05, 0) is 25.6 Å². The van der Waals surface area contributed by atoms with E-state index in [-0.39, 0.29) is 0 Å². The third kappa shape index (κ3) is 6.02. The molecule has 0 aliphatic carbocycles. The van der Waals surface area contributed by atoms with E-state index in [1.165, 1.54) is 18.5 Å². The van der Waals surface area contributed by atoms with Gasteiger partial charge in [-0.3, -0.25) is 0 Å². The lowest BCUT2D eigenvalue weighted by molar-refractivity contribution is 0.912. The molecule has 0 aromatic carbocycles. The largest absolute Gasteiger partial charge is 0.331 e. The normalized spacial score (nSPS) is 13.7. The topological polar surface area (TPSA) is 52.0 Å². The van der Waals surface area contributed by atoms with Crippen molar-refractivity contribution in [2.24, 2.45) is 11.5 Å². The highest BCUT2D eigenvalue weighted by Crippen LogP contribution is 1.99. The molecule has 0 rings (SSSR count). The zero-order chi connectivity index (χ0) is 7.11. The Balaban J connectivity index is 2.95. The highest BCUT2D eigenvalue weighted by molar-refractivity contribution is 6.57. The van der Waals surface area contributed by atoms with Crippen molar-refractivity contribution in [3.05, 3.63) is 0 Å². The predicted molar refractivity (Wildman–Crippen MR) is 45.4 cm³/mol. The fraction of sp³-hybridized carbons (Fsp3) is 1.00. The van der Waals surface area contributed by atoms with Crippen LogP contribution in [0, 0.1) is 0 Å². The van der Waals surface area contributed by atoms with E-state index in [9.17, 15) is 0 Å². The molecule has 2 nitrogen and oxygen atoms in total. The smallest absolute Gasteiger partial charge is 0.0349 e. The molecule has 0 aromatic rings. The summed E-state index contributed by atoms with van der Waals surface area (Å²) in [7, 11) is -0.425.